The first kappa shape index (κ1) is 14.5. The molecule has 1 fully saturated rings. The molecule has 0 spiro atoms. The van der Waals surface area contributed by atoms with Gasteiger partial charge in [0.25, 0.3) is 0 Å². The number of benzene rings is 1. The summed E-state index contributed by atoms with van der Waals surface area (Å²) in [6.45, 7) is -0.145. The summed E-state index contributed by atoms with van der Waals surface area (Å²) in [6, 6.07) is 10.1. The van der Waals surface area contributed by atoms with Crippen LogP contribution in [-0.2, 0) is 6.42 Å². The molecule has 0 bridgehead atoms. The lowest BCUT2D eigenvalue weighted by atomic mass is 9.75. The maximum atomic E-state index is 9.46. The largest absolute Gasteiger partial charge is 0.395 e. The highest BCUT2D eigenvalue weighted by Crippen LogP contribution is 2.31. The first-order valence-corrected chi connectivity index (χ1v) is 6.92. The van der Waals surface area contributed by atoms with Crippen LogP contribution in [-0.4, -0.2) is 46.7 Å². The van der Waals surface area contributed by atoms with Gasteiger partial charge in [0.2, 0.25) is 0 Å². The minimum Gasteiger partial charge on any atom is -0.395 e. The topological polar surface area (TPSA) is 72.7 Å². The molecule has 0 amide bonds. The van der Waals surface area contributed by atoms with Gasteiger partial charge in [0, 0.05) is 6.04 Å². The Bertz CT molecular complexity index is 361. The molecule has 0 aliphatic heterocycles. The highest BCUT2D eigenvalue weighted by molar-refractivity contribution is 5.16. The lowest BCUT2D eigenvalue weighted by Gasteiger charge is -2.39. The van der Waals surface area contributed by atoms with Crippen molar-refractivity contribution in [2.45, 2.75) is 37.5 Å². The van der Waals surface area contributed by atoms with Crippen LogP contribution in [0.3, 0.4) is 0 Å². The predicted molar refractivity (Wildman–Crippen MR) is 73.8 cm³/mol. The van der Waals surface area contributed by atoms with E-state index < -0.39 is 0 Å². The smallest absolute Gasteiger partial charge is 0.0607 e. The standard InChI is InChI=1S/C15H23NO3/c17-9-13(10-18)16-15(12-7-14(19)8-12)6-11-4-2-1-3-5-11/h1-5,12-19H,6-10H2. The number of rotatable bonds is 7. The SMILES string of the molecule is OCC(CO)NC(Cc1ccccc1)C1CC(O)C1. The third-order valence-corrected chi connectivity index (χ3v) is 3.91. The molecular weight excluding hydrogens is 242 g/mol. The van der Waals surface area contributed by atoms with Crippen molar-refractivity contribution in [3.8, 4) is 0 Å². The van der Waals surface area contributed by atoms with Crippen LogP contribution >= 0.6 is 0 Å². The quantitative estimate of drug-likeness (QED) is 0.572. The minimum atomic E-state index is -0.286. The molecule has 1 atom stereocenters. The zero-order chi connectivity index (χ0) is 13.7. The lowest BCUT2D eigenvalue weighted by molar-refractivity contribution is 0.0182. The van der Waals surface area contributed by atoms with Crippen LogP contribution in [0.1, 0.15) is 18.4 Å². The van der Waals surface area contributed by atoms with Gasteiger partial charge in [-0.15, -0.1) is 0 Å². The molecule has 106 valence electrons. The Balaban J connectivity index is 1.97. The van der Waals surface area contributed by atoms with Gasteiger partial charge in [-0.3, -0.25) is 0 Å². The maximum absolute atomic E-state index is 9.46. The summed E-state index contributed by atoms with van der Waals surface area (Å²) in [5, 5.41) is 31.2. The molecule has 0 heterocycles. The van der Waals surface area contributed by atoms with Gasteiger partial charge < -0.3 is 20.6 Å². The Hall–Kier alpha value is -0.940. The Morgan fingerprint density at radius 2 is 1.74 bits per heavy atom. The van der Waals surface area contributed by atoms with Crippen molar-refractivity contribution in [1.82, 2.24) is 5.32 Å². The molecule has 4 nitrogen and oxygen atoms in total. The Kier molecular flexibility index (Phi) is 5.34. The summed E-state index contributed by atoms with van der Waals surface area (Å²) < 4.78 is 0. The van der Waals surface area contributed by atoms with Gasteiger partial charge in [0.1, 0.15) is 0 Å². The number of aliphatic hydroxyl groups excluding tert-OH is 3. The second-order valence-corrected chi connectivity index (χ2v) is 5.41. The number of hydrogen-bond donors (Lipinski definition) is 4. The average molecular weight is 265 g/mol. The zero-order valence-electron chi connectivity index (χ0n) is 11.1. The second-order valence-electron chi connectivity index (χ2n) is 5.41. The molecule has 1 saturated carbocycles. The summed E-state index contributed by atoms with van der Waals surface area (Å²) in [5.41, 5.74) is 1.23. The molecule has 1 aliphatic carbocycles. The Morgan fingerprint density at radius 3 is 2.26 bits per heavy atom. The average Bonchev–Trinajstić information content (AvgIpc) is 2.41. The van der Waals surface area contributed by atoms with Crippen molar-refractivity contribution in [3.05, 3.63) is 35.9 Å². The maximum Gasteiger partial charge on any atom is 0.0607 e. The molecule has 1 aliphatic rings. The molecular formula is C15H23NO3. The van der Waals surface area contributed by atoms with Crippen molar-refractivity contribution in [3.63, 3.8) is 0 Å². The Morgan fingerprint density at radius 1 is 1.11 bits per heavy atom. The van der Waals surface area contributed by atoms with Gasteiger partial charge >= 0.3 is 0 Å². The summed E-state index contributed by atoms with van der Waals surface area (Å²) in [6.07, 6.45) is 2.27. The molecule has 2 rings (SSSR count). The fourth-order valence-electron chi connectivity index (χ4n) is 2.65. The van der Waals surface area contributed by atoms with Crippen LogP contribution in [0, 0.1) is 5.92 Å². The van der Waals surface area contributed by atoms with E-state index in [2.05, 4.69) is 17.4 Å². The summed E-state index contributed by atoms with van der Waals surface area (Å²) in [5.74, 6) is 0.413. The van der Waals surface area contributed by atoms with Crippen LogP contribution in [0.5, 0.6) is 0 Å². The van der Waals surface area contributed by atoms with Crippen LogP contribution in [0.4, 0.5) is 0 Å². The lowest BCUT2D eigenvalue weighted by Crippen LogP contribution is -2.51. The van der Waals surface area contributed by atoms with Crippen molar-refractivity contribution in [1.29, 1.82) is 0 Å². The van der Waals surface area contributed by atoms with Gasteiger partial charge in [0.15, 0.2) is 0 Å². The number of hydrogen-bond acceptors (Lipinski definition) is 4. The Labute approximate surface area is 114 Å². The first-order chi connectivity index (χ1) is 9.22. The van der Waals surface area contributed by atoms with E-state index >= 15 is 0 Å². The van der Waals surface area contributed by atoms with E-state index in [9.17, 15) is 15.3 Å². The highest BCUT2D eigenvalue weighted by Gasteiger charge is 2.34. The van der Waals surface area contributed by atoms with Gasteiger partial charge in [-0.2, -0.15) is 0 Å². The van der Waals surface area contributed by atoms with E-state index in [0.717, 1.165) is 19.3 Å². The molecule has 4 heteroatoms. The van der Waals surface area contributed by atoms with E-state index in [1.165, 1.54) is 5.56 Å². The second kappa shape index (κ2) is 7.01. The molecule has 0 saturated heterocycles. The van der Waals surface area contributed by atoms with Crippen LogP contribution < -0.4 is 5.32 Å². The fraction of sp³-hybridized carbons (Fsp3) is 0.600. The highest BCUT2D eigenvalue weighted by atomic mass is 16.3. The molecule has 19 heavy (non-hydrogen) atoms. The monoisotopic (exact) mass is 265 g/mol. The van der Waals surface area contributed by atoms with Gasteiger partial charge in [-0.05, 0) is 30.7 Å². The molecule has 1 unspecified atom stereocenters. The third-order valence-electron chi connectivity index (χ3n) is 3.91. The number of nitrogens with one attached hydrogen (secondary N) is 1. The molecule has 4 N–H and O–H groups in total. The van der Waals surface area contributed by atoms with Gasteiger partial charge in [0.05, 0.1) is 25.4 Å². The van der Waals surface area contributed by atoms with Crippen molar-refractivity contribution < 1.29 is 15.3 Å². The van der Waals surface area contributed by atoms with Gasteiger partial charge in [-0.1, -0.05) is 30.3 Å². The van der Waals surface area contributed by atoms with Crippen LogP contribution in [0.15, 0.2) is 30.3 Å². The van der Waals surface area contributed by atoms with E-state index in [1.54, 1.807) is 0 Å². The zero-order valence-corrected chi connectivity index (χ0v) is 11.1. The van der Waals surface area contributed by atoms with E-state index in [0.29, 0.717) is 5.92 Å². The minimum absolute atomic E-state index is 0.0724. The summed E-state index contributed by atoms with van der Waals surface area (Å²) in [4.78, 5) is 0. The molecule has 1 aromatic carbocycles. The first-order valence-electron chi connectivity index (χ1n) is 6.92. The summed E-state index contributed by atoms with van der Waals surface area (Å²) >= 11 is 0. The van der Waals surface area contributed by atoms with E-state index in [4.69, 9.17) is 0 Å². The normalized spacial score (nSPS) is 24.2. The van der Waals surface area contributed by atoms with Crippen molar-refractivity contribution in [2.24, 2.45) is 5.92 Å². The molecule has 1 aromatic rings. The molecule has 0 aromatic heterocycles. The van der Waals surface area contributed by atoms with Crippen LogP contribution in [0.2, 0.25) is 0 Å². The summed E-state index contributed by atoms with van der Waals surface area (Å²) in [7, 11) is 0. The van der Waals surface area contributed by atoms with E-state index in [1.807, 2.05) is 18.2 Å². The molecule has 0 radical (unpaired) electrons. The van der Waals surface area contributed by atoms with Gasteiger partial charge in [-0.25, -0.2) is 0 Å². The van der Waals surface area contributed by atoms with Crippen LogP contribution in [0.25, 0.3) is 0 Å². The van der Waals surface area contributed by atoms with Crippen molar-refractivity contribution in [2.75, 3.05) is 13.2 Å². The predicted octanol–water partition coefficient (Wildman–Crippen LogP) is 0.311. The van der Waals surface area contributed by atoms with E-state index in [-0.39, 0.29) is 31.4 Å². The number of aliphatic hydroxyl groups is 3. The third kappa shape index (κ3) is 4.01. The fourth-order valence-corrected chi connectivity index (χ4v) is 2.65. The van der Waals surface area contributed by atoms with Crippen molar-refractivity contribution >= 4 is 0 Å².